The number of benzene rings is 4. The predicted octanol–water partition coefficient (Wildman–Crippen LogP) is 8.38. The summed E-state index contributed by atoms with van der Waals surface area (Å²) in [6.07, 6.45) is 0.411. The van der Waals surface area contributed by atoms with Gasteiger partial charge in [-0.15, -0.1) is 0 Å². The Morgan fingerprint density at radius 2 is 1.45 bits per heavy atom. The van der Waals surface area contributed by atoms with Gasteiger partial charge in [0, 0.05) is 63.5 Å². The van der Waals surface area contributed by atoms with E-state index in [2.05, 4.69) is 41.9 Å². The molecular formula is C44H43F3N4O2. The Morgan fingerprint density at radius 3 is 2.09 bits per heavy atom. The summed E-state index contributed by atoms with van der Waals surface area (Å²) in [5.74, 6) is -0.553. The van der Waals surface area contributed by atoms with Gasteiger partial charge in [-0.2, -0.15) is 13.2 Å². The normalized spacial score (nSPS) is 14.3. The predicted molar refractivity (Wildman–Crippen MR) is 202 cm³/mol. The molecule has 9 heteroatoms. The van der Waals surface area contributed by atoms with Crippen LogP contribution in [0.4, 0.5) is 13.2 Å². The number of carbonyl (C=O) groups is 2. The van der Waals surface area contributed by atoms with Crippen LogP contribution in [-0.2, 0) is 35.3 Å². The molecule has 1 atom stereocenters. The number of pyridine rings is 1. The Balaban J connectivity index is 1.27. The van der Waals surface area contributed by atoms with Crippen molar-refractivity contribution < 1.29 is 22.8 Å². The summed E-state index contributed by atoms with van der Waals surface area (Å²) in [6.45, 7) is 7.61. The van der Waals surface area contributed by atoms with E-state index < -0.39 is 23.7 Å². The molecule has 53 heavy (non-hydrogen) atoms. The SMILES string of the molecule is Cc1ccc(CN2CCN(C(=O)C(Cc3ccccc3)N(Cc3ccc(-c4ccccn4)cc3)C(=O)C=Cc3ccc(C(F)(F)F)cc3)CC2)cc1C. The zero-order valence-corrected chi connectivity index (χ0v) is 30.0. The van der Waals surface area contributed by atoms with Crippen molar-refractivity contribution in [3.8, 4) is 11.3 Å². The van der Waals surface area contributed by atoms with Crippen molar-refractivity contribution in [3.63, 3.8) is 0 Å². The van der Waals surface area contributed by atoms with Crippen LogP contribution in [0, 0.1) is 13.8 Å². The molecule has 1 fully saturated rings. The van der Waals surface area contributed by atoms with E-state index in [-0.39, 0.29) is 12.5 Å². The van der Waals surface area contributed by atoms with Crippen LogP contribution in [0.3, 0.4) is 0 Å². The van der Waals surface area contributed by atoms with Gasteiger partial charge < -0.3 is 9.80 Å². The fraction of sp³-hybridized carbons (Fsp3) is 0.250. The lowest BCUT2D eigenvalue weighted by Crippen LogP contribution is -2.56. The molecule has 1 aromatic heterocycles. The lowest BCUT2D eigenvalue weighted by molar-refractivity contribution is -0.145. The molecular weight excluding hydrogens is 674 g/mol. The van der Waals surface area contributed by atoms with E-state index >= 15 is 0 Å². The maximum atomic E-state index is 14.6. The van der Waals surface area contributed by atoms with Crippen molar-refractivity contribution in [1.29, 1.82) is 0 Å². The highest BCUT2D eigenvalue weighted by atomic mass is 19.4. The summed E-state index contributed by atoms with van der Waals surface area (Å²) in [7, 11) is 0. The molecule has 6 nitrogen and oxygen atoms in total. The molecule has 1 aliphatic rings. The Labute approximate surface area is 309 Å². The average Bonchev–Trinajstić information content (AvgIpc) is 3.17. The Hall–Kier alpha value is -5.54. The largest absolute Gasteiger partial charge is 0.416 e. The topological polar surface area (TPSA) is 56.8 Å². The van der Waals surface area contributed by atoms with Crippen LogP contribution in [0.25, 0.3) is 17.3 Å². The van der Waals surface area contributed by atoms with Crippen molar-refractivity contribution in [3.05, 3.63) is 166 Å². The van der Waals surface area contributed by atoms with E-state index in [1.807, 2.05) is 77.7 Å². The summed E-state index contributed by atoms with van der Waals surface area (Å²) < 4.78 is 39.6. The number of halogens is 3. The number of hydrogen-bond acceptors (Lipinski definition) is 4. The Kier molecular flexibility index (Phi) is 11.8. The van der Waals surface area contributed by atoms with E-state index in [9.17, 15) is 22.8 Å². The molecule has 0 spiro atoms. The molecule has 2 amide bonds. The molecule has 6 rings (SSSR count). The summed E-state index contributed by atoms with van der Waals surface area (Å²) in [6, 6.07) is 33.4. The van der Waals surface area contributed by atoms with Gasteiger partial charge in [0.2, 0.25) is 11.8 Å². The van der Waals surface area contributed by atoms with Gasteiger partial charge in [-0.3, -0.25) is 19.5 Å². The van der Waals surface area contributed by atoms with E-state index in [0.717, 1.165) is 41.1 Å². The highest BCUT2D eigenvalue weighted by molar-refractivity contribution is 5.95. The number of carbonyl (C=O) groups excluding carboxylic acids is 2. The molecule has 0 N–H and O–H groups in total. The lowest BCUT2D eigenvalue weighted by Gasteiger charge is -2.39. The van der Waals surface area contributed by atoms with Crippen LogP contribution in [0.15, 0.2) is 128 Å². The summed E-state index contributed by atoms with van der Waals surface area (Å²) >= 11 is 0. The van der Waals surface area contributed by atoms with Gasteiger partial charge in [0.15, 0.2) is 0 Å². The molecule has 0 aliphatic carbocycles. The number of aryl methyl sites for hydroxylation is 2. The number of alkyl halides is 3. The monoisotopic (exact) mass is 716 g/mol. The van der Waals surface area contributed by atoms with Gasteiger partial charge in [-0.1, -0.05) is 91.0 Å². The maximum Gasteiger partial charge on any atom is 0.416 e. The Morgan fingerprint density at radius 1 is 0.774 bits per heavy atom. The van der Waals surface area contributed by atoms with E-state index in [4.69, 9.17) is 0 Å². The maximum absolute atomic E-state index is 14.6. The van der Waals surface area contributed by atoms with Crippen molar-refractivity contribution in [2.75, 3.05) is 26.2 Å². The first-order chi connectivity index (χ1) is 25.5. The first-order valence-electron chi connectivity index (χ1n) is 17.8. The zero-order valence-electron chi connectivity index (χ0n) is 30.0. The number of piperazine rings is 1. The van der Waals surface area contributed by atoms with Gasteiger partial charge in [0.1, 0.15) is 6.04 Å². The zero-order chi connectivity index (χ0) is 37.4. The quantitative estimate of drug-likeness (QED) is 0.129. The minimum absolute atomic E-state index is 0.138. The van der Waals surface area contributed by atoms with Crippen LogP contribution in [0.5, 0.6) is 0 Å². The number of hydrogen-bond donors (Lipinski definition) is 0. The first kappa shape index (κ1) is 37.2. The van der Waals surface area contributed by atoms with E-state index in [1.165, 1.54) is 41.0 Å². The fourth-order valence-electron chi connectivity index (χ4n) is 6.56. The third-order valence-electron chi connectivity index (χ3n) is 9.80. The lowest BCUT2D eigenvalue weighted by atomic mass is 10.0. The van der Waals surface area contributed by atoms with E-state index in [1.54, 1.807) is 11.1 Å². The second-order valence-electron chi connectivity index (χ2n) is 13.6. The van der Waals surface area contributed by atoms with Crippen LogP contribution >= 0.6 is 0 Å². The van der Waals surface area contributed by atoms with Crippen molar-refractivity contribution in [2.24, 2.45) is 0 Å². The molecule has 1 aliphatic heterocycles. The van der Waals surface area contributed by atoms with Crippen LogP contribution in [-0.4, -0.2) is 63.7 Å². The van der Waals surface area contributed by atoms with E-state index in [0.29, 0.717) is 38.2 Å². The van der Waals surface area contributed by atoms with Gasteiger partial charge in [0.25, 0.3) is 0 Å². The molecule has 1 unspecified atom stereocenters. The number of amides is 2. The van der Waals surface area contributed by atoms with Gasteiger partial charge >= 0.3 is 6.18 Å². The minimum atomic E-state index is -4.46. The number of aromatic nitrogens is 1. The molecule has 5 aromatic rings. The van der Waals surface area contributed by atoms with Gasteiger partial charge in [-0.05, 0) is 77.6 Å². The minimum Gasteiger partial charge on any atom is -0.338 e. The van der Waals surface area contributed by atoms with Crippen molar-refractivity contribution in [1.82, 2.24) is 19.7 Å². The second kappa shape index (κ2) is 16.9. The molecule has 2 heterocycles. The van der Waals surface area contributed by atoms with Gasteiger partial charge in [0.05, 0.1) is 11.3 Å². The third-order valence-corrected chi connectivity index (χ3v) is 9.80. The number of nitrogens with zero attached hydrogens (tertiary/aromatic N) is 4. The highest BCUT2D eigenvalue weighted by Gasteiger charge is 2.34. The van der Waals surface area contributed by atoms with Gasteiger partial charge in [-0.25, -0.2) is 0 Å². The summed E-state index contributed by atoms with van der Waals surface area (Å²) in [5.41, 5.74) is 6.90. The molecule has 0 radical (unpaired) electrons. The molecule has 4 aromatic carbocycles. The fourth-order valence-corrected chi connectivity index (χ4v) is 6.56. The van der Waals surface area contributed by atoms with Crippen LogP contribution in [0.2, 0.25) is 0 Å². The van der Waals surface area contributed by atoms with Crippen molar-refractivity contribution >= 4 is 17.9 Å². The third kappa shape index (κ3) is 9.87. The first-order valence-corrected chi connectivity index (χ1v) is 17.8. The standard InChI is InChI=1S/C44H43F3N4O2/c1-32-11-12-37(28-33(32)2)30-49-24-26-50(27-25-49)43(53)41(29-35-8-4-3-5-9-35)51(31-36-13-18-38(19-14-36)40-10-6-7-23-48-40)42(52)22-17-34-15-20-39(21-16-34)44(45,46)47/h3-23,28,41H,24-27,29-31H2,1-2H3. The molecule has 0 bridgehead atoms. The van der Waals surface area contributed by atoms with Crippen LogP contribution < -0.4 is 0 Å². The highest BCUT2D eigenvalue weighted by Crippen LogP contribution is 2.29. The summed E-state index contributed by atoms with van der Waals surface area (Å²) in [4.78, 5) is 39.1. The van der Waals surface area contributed by atoms with Crippen molar-refractivity contribution in [2.45, 2.75) is 45.6 Å². The molecule has 0 saturated carbocycles. The molecule has 1 saturated heterocycles. The average molecular weight is 717 g/mol. The molecule has 272 valence electrons. The second-order valence-corrected chi connectivity index (χ2v) is 13.6. The van der Waals surface area contributed by atoms with Crippen LogP contribution in [0.1, 0.15) is 38.9 Å². The smallest absolute Gasteiger partial charge is 0.338 e. The number of rotatable bonds is 11. The Bertz CT molecular complexity index is 2010. The summed E-state index contributed by atoms with van der Waals surface area (Å²) in [5, 5.41) is 0.